The first-order valence-corrected chi connectivity index (χ1v) is 9.49. The van der Waals surface area contributed by atoms with Gasteiger partial charge in [0.2, 0.25) is 0 Å². The Kier molecular flexibility index (Phi) is 5.37. The molecule has 0 spiro atoms. The molecule has 3 aromatic carbocycles. The van der Waals surface area contributed by atoms with Gasteiger partial charge >= 0.3 is 0 Å². The molecule has 122 valence electrons. The molecule has 3 aromatic rings. The monoisotopic (exact) mass is 351 g/mol. The van der Waals surface area contributed by atoms with Crippen molar-refractivity contribution in [1.82, 2.24) is 0 Å². The molecule has 0 aliphatic carbocycles. The van der Waals surface area contributed by atoms with Crippen LogP contribution in [-0.4, -0.2) is 0 Å². The van der Waals surface area contributed by atoms with E-state index in [0.717, 1.165) is 6.42 Å². The van der Waals surface area contributed by atoms with Crippen LogP contribution in [-0.2, 0) is 23.8 Å². The average Bonchev–Trinajstić information content (AvgIpc) is 2.57. The van der Waals surface area contributed by atoms with Crippen molar-refractivity contribution in [1.29, 1.82) is 0 Å². The third kappa shape index (κ3) is 4.68. The molecule has 0 radical (unpaired) electrons. The molecule has 2 heteroatoms. The summed E-state index contributed by atoms with van der Waals surface area (Å²) in [5.74, 6) is 0. The van der Waals surface area contributed by atoms with Crippen molar-refractivity contribution in [2.45, 2.75) is 34.8 Å². The average molecular weight is 352 g/mol. The Balaban J connectivity index is 1.66. The second-order valence-electron chi connectivity index (χ2n) is 6.56. The molecule has 0 fully saturated rings. The smallest absolute Gasteiger partial charge is 0.0901 e. The first kappa shape index (κ1) is 17.2. The molecule has 0 saturated heterocycles. The Labute approximate surface area is 154 Å². The maximum Gasteiger partial charge on any atom is 0.143 e. The highest BCUT2D eigenvalue weighted by molar-refractivity contribution is 7.99. The van der Waals surface area contributed by atoms with Gasteiger partial charge in [-0.2, -0.15) is 0 Å². The van der Waals surface area contributed by atoms with Crippen molar-refractivity contribution in [3.8, 4) is 0 Å². The largest absolute Gasteiger partial charge is 0.143 e. The lowest BCUT2D eigenvalue weighted by molar-refractivity contribution is 0.787. The molecule has 0 aliphatic rings. The fourth-order valence-corrected chi connectivity index (χ4v) is 3.57. The first-order chi connectivity index (χ1) is 11.5. The standard InChI is InChI=1S/C22H22S2/c1-22(2,23)19-10-14-21(15-11-19)24-20-12-8-18(9-13-20)16-17-6-4-3-5-7-17/h3-15,23H,16H2,1-2H3/p+1. The number of benzene rings is 3. The van der Waals surface area contributed by atoms with Gasteiger partial charge in [-0.1, -0.05) is 66.4 Å². The summed E-state index contributed by atoms with van der Waals surface area (Å²) in [4.78, 5) is 2.54. The van der Waals surface area contributed by atoms with Crippen LogP contribution in [0.25, 0.3) is 0 Å². The highest BCUT2D eigenvalue weighted by Crippen LogP contribution is 2.30. The fraction of sp³-hybridized carbons (Fsp3) is 0.182. The third-order valence-corrected chi connectivity index (χ3v) is 5.29. The van der Waals surface area contributed by atoms with Gasteiger partial charge in [0, 0.05) is 15.4 Å². The van der Waals surface area contributed by atoms with E-state index in [0.29, 0.717) is 0 Å². The molecule has 3 rings (SSSR count). The summed E-state index contributed by atoms with van der Waals surface area (Å²) >= 11 is 5.57. The highest BCUT2D eigenvalue weighted by Gasteiger charge is 2.20. The quantitative estimate of drug-likeness (QED) is 0.533. The van der Waals surface area contributed by atoms with Crippen LogP contribution in [0, 0.1) is 0 Å². The van der Waals surface area contributed by atoms with Crippen LogP contribution >= 0.6 is 11.8 Å². The van der Waals surface area contributed by atoms with Gasteiger partial charge in [-0.3, -0.25) is 0 Å². The van der Waals surface area contributed by atoms with Crippen LogP contribution in [0.15, 0.2) is 88.7 Å². The van der Waals surface area contributed by atoms with E-state index in [1.54, 1.807) is 11.8 Å². The van der Waals surface area contributed by atoms with Crippen molar-refractivity contribution in [2.75, 3.05) is 0 Å². The summed E-state index contributed by atoms with van der Waals surface area (Å²) in [7, 11) is 0. The van der Waals surface area contributed by atoms with Crippen LogP contribution in [0.3, 0.4) is 0 Å². The molecule has 0 aromatic heterocycles. The zero-order valence-electron chi connectivity index (χ0n) is 14.1. The van der Waals surface area contributed by atoms with E-state index in [4.69, 9.17) is 0 Å². The summed E-state index contributed by atoms with van der Waals surface area (Å²) < 4.78 is 0.0162. The zero-order chi connectivity index (χ0) is 17.0. The van der Waals surface area contributed by atoms with Crippen molar-refractivity contribution >= 4 is 24.4 Å². The summed E-state index contributed by atoms with van der Waals surface area (Å²) in [6, 6.07) is 28.3. The van der Waals surface area contributed by atoms with Crippen LogP contribution in [0.1, 0.15) is 30.5 Å². The van der Waals surface area contributed by atoms with Crippen LogP contribution in [0.2, 0.25) is 0 Å². The molecule has 24 heavy (non-hydrogen) atoms. The summed E-state index contributed by atoms with van der Waals surface area (Å²) in [6.07, 6.45) is 0.987. The zero-order valence-corrected chi connectivity index (χ0v) is 15.9. The van der Waals surface area contributed by atoms with E-state index in [1.807, 2.05) is 0 Å². The number of hydrogen-bond donors (Lipinski definition) is 0. The minimum atomic E-state index is 0.0162. The molecule has 0 nitrogen and oxygen atoms in total. The van der Waals surface area contributed by atoms with Gasteiger partial charge in [0.25, 0.3) is 0 Å². The second kappa shape index (κ2) is 7.50. The molecule has 0 N–H and O–H groups in total. The number of hydrogen-bond acceptors (Lipinski definition) is 1. The van der Waals surface area contributed by atoms with E-state index < -0.39 is 0 Å². The Hall–Kier alpha value is -1.64. The second-order valence-corrected chi connectivity index (χ2v) is 8.95. The van der Waals surface area contributed by atoms with E-state index >= 15 is 0 Å². The predicted octanol–water partition coefficient (Wildman–Crippen LogP) is 5.68. The Morgan fingerprint density at radius 2 is 1.21 bits per heavy atom. The predicted molar refractivity (Wildman–Crippen MR) is 109 cm³/mol. The van der Waals surface area contributed by atoms with Gasteiger partial charge in [0.1, 0.15) is 4.75 Å². The van der Waals surface area contributed by atoms with Crippen LogP contribution < -0.4 is 0 Å². The molecule has 0 amide bonds. The van der Waals surface area contributed by atoms with E-state index in [2.05, 4.69) is 105 Å². The van der Waals surface area contributed by atoms with Gasteiger partial charge in [-0.15, -0.1) is 0 Å². The van der Waals surface area contributed by atoms with Gasteiger partial charge < -0.3 is 0 Å². The van der Waals surface area contributed by atoms with Crippen molar-refractivity contribution in [3.05, 3.63) is 95.6 Å². The SMILES string of the molecule is CC(C)([SH2+])c1ccc(Sc2ccc(Cc3ccccc3)cc2)cc1. The lowest BCUT2D eigenvalue weighted by Gasteiger charge is -2.12. The lowest BCUT2D eigenvalue weighted by Crippen LogP contribution is -2.11. The third-order valence-electron chi connectivity index (χ3n) is 3.99. The normalized spacial score (nSPS) is 11.5. The molecule has 0 atom stereocenters. The van der Waals surface area contributed by atoms with E-state index in [9.17, 15) is 0 Å². The molecule has 0 unspecified atom stereocenters. The van der Waals surface area contributed by atoms with Gasteiger partial charge in [0.15, 0.2) is 0 Å². The van der Waals surface area contributed by atoms with Gasteiger partial charge in [-0.25, -0.2) is 0 Å². The molecular weight excluding hydrogens is 328 g/mol. The minimum Gasteiger partial charge on any atom is -0.0901 e. The van der Waals surface area contributed by atoms with Gasteiger partial charge in [-0.05, 0) is 68.3 Å². The Morgan fingerprint density at radius 1 is 0.708 bits per heavy atom. The molecule has 0 bridgehead atoms. The van der Waals surface area contributed by atoms with Crippen LogP contribution in [0.4, 0.5) is 0 Å². The molecule has 0 saturated carbocycles. The van der Waals surface area contributed by atoms with Crippen molar-refractivity contribution < 1.29 is 0 Å². The molecular formula is C22H23S2+. The molecule has 0 heterocycles. The van der Waals surface area contributed by atoms with E-state index in [-0.39, 0.29) is 4.75 Å². The number of rotatable bonds is 5. The Morgan fingerprint density at radius 3 is 1.75 bits per heavy atom. The fourth-order valence-electron chi connectivity index (χ4n) is 2.58. The van der Waals surface area contributed by atoms with Crippen molar-refractivity contribution in [2.24, 2.45) is 0 Å². The first-order valence-electron chi connectivity index (χ1n) is 8.17. The topological polar surface area (TPSA) is 0 Å². The minimum absolute atomic E-state index is 0.0162. The maximum absolute atomic E-state index is 3.76. The Bertz CT molecular complexity index is 767. The van der Waals surface area contributed by atoms with Crippen molar-refractivity contribution in [3.63, 3.8) is 0 Å². The maximum atomic E-state index is 3.76. The summed E-state index contributed by atoms with van der Waals surface area (Å²) in [5, 5.41) is 0. The summed E-state index contributed by atoms with van der Waals surface area (Å²) in [5.41, 5.74) is 3.99. The molecule has 0 aliphatic heterocycles. The summed E-state index contributed by atoms with van der Waals surface area (Å²) in [6.45, 7) is 4.33. The van der Waals surface area contributed by atoms with Gasteiger partial charge in [0.05, 0.1) is 0 Å². The van der Waals surface area contributed by atoms with Crippen LogP contribution in [0.5, 0.6) is 0 Å². The lowest BCUT2D eigenvalue weighted by atomic mass is 10.0. The highest BCUT2D eigenvalue weighted by atomic mass is 32.2. The van der Waals surface area contributed by atoms with E-state index in [1.165, 1.54) is 26.5 Å².